The first-order valence-electron chi connectivity index (χ1n) is 10.0. The van der Waals surface area contributed by atoms with Crippen molar-refractivity contribution in [2.45, 2.75) is 12.5 Å². The quantitative estimate of drug-likeness (QED) is 0.619. The first-order chi connectivity index (χ1) is 14.5. The molecule has 0 radical (unpaired) electrons. The van der Waals surface area contributed by atoms with E-state index in [1.165, 1.54) is 0 Å². The number of benzene rings is 2. The van der Waals surface area contributed by atoms with Crippen LogP contribution in [0.25, 0.3) is 22.3 Å². The van der Waals surface area contributed by atoms with Crippen LogP contribution in [0.2, 0.25) is 0 Å². The highest BCUT2D eigenvalue weighted by Crippen LogP contribution is 2.37. The lowest BCUT2D eigenvalue weighted by Gasteiger charge is -2.23. The van der Waals surface area contributed by atoms with E-state index in [1.54, 1.807) is 21.3 Å². The molecule has 2 aromatic carbocycles. The van der Waals surface area contributed by atoms with Gasteiger partial charge in [0, 0.05) is 36.1 Å². The molecule has 2 heterocycles. The van der Waals surface area contributed by atoms with E-state index in [4.69, 9.17) is 24.2 Å². The van der Waals surface area contributed by atoms with Gasteiger partial charge in [-0.15, -0.1) is 0 Å². The number of ether oxygens (including phenoxy) is 3. The summed E-state index contributed by atoms with van der Waals surface area (Å²) in [4.78, 5) is 14.5. The van der Waals surface area contributed by atoms with E-state index >= 15 is 0 Å². The van der Waals surface area contributed by atoms with Gasteiger partial charge in [-0.25, -0.2) is 9.97 Å². The van der Waals surface area contributed by atoms with Crippen molar-refractivity contribution in [3.05, 3.63) is 36.4 Å². The first kappa shape index (κ1) is 20.2. The largest absolute Gasteiger partial charge is 0.497 e. The van der Waals surface area contributed by atoms with Crippen LogP contribution in [-0.4, -0.2) is 69.4 Å². The molecule has 0 spiro atoms. The number of methoxy groups -OCH3 is 3. The predicted octanol–water partition coefficient (Wildman–Crippen LogP) is 3.46. The van der Waals surface area contributed by atoms with E-state index < -0.39 is 0 Å². The molecule has 30 heavy (non-hydrogen) atoms. The number of nitrogens with zero attached hydrogens (tertiary/aromatic N) is 4. The first-order valence-corrected chi connectivity index (χ1v) is 10.0. The molecular formula is C23H28N4O3. The van der Waals surface area contributed by atoms with E-state index in [0.717, 1.165) is 47.5 Å². The van der Waals surface area contributed by atoms with Gasteiger partial charge in [0.15, 0.2) is 17.3 Å². The van der Waals surface area contributed by atoms with E-state index in [9.17, 15) is 0 Å². The Bertz CT molecular complexity index is 1040. The monoisotopic (exact) mass is 408 g/mol. The van der Waals surface area contributed by atoms with Crippen molar-refractivity contribution in [2.24, 2.45) is 0 Å². The second-order valence-electron chi connectivity index (χ2n) is 7.68. The molecule has 1 aromatic heterocycles. The van der Waals surface area contributed by atoms with Gasteiger partial charge in [0.2, 0.25) is 0 Å². The van der Waals surface area contributed by atoms with Crippen LogP contribution >= 0.6 is 0 Å². The maximum Gasteiger partial charge on any atom is 0.162 e. The highest BCUT2D eigenvalue weighted by molar-refractivity contribution is 5.93. The van der Waals surface area contributed by atoms with Gasteiger partial charge in [0.05, 0.1) is 26.8 Å². The van der Waals surface area contributed by atoms with Crippen LogP contribution in [0.3, 0.4) is 0 Å². The SMILES string of the molecule is COc1ccc(-c2nc(N3CCC(N(C)C)C3)c3cc(OC)c(OC)cc3n2)cc1. The maximum atomic E-state index is 5.54. The average molecular weight is 409 g/mol. The molecule has 1 aliphatic rings. The molecule has 1 unspecified atom stereocenters. The third-order valence-corrected chi connectivity index (χ3v) is 5.72. The zero-order valence-electron chi connectivity index (χ0n) is 18.2. The Labute approximate surface area is 177 Å². The molecule has 1 saturated heterocycles. The summed E-state index contributed by atoms with van der Waals surface area (Å²) in [5.74, 6) is 3.75. The fourth-order valence-electron chi connectivity index (χ4n) is 3.91. The van der Waals surface area contributed by atoms with E-state index in [0.29, 0.717) is 23.4 Å². The zero-order valence-corrected chi connectivity index (χ0v) is 18.2. The molecule has 158 valence electrons. The minimum absolute atomic E-state index is 0.500. The summed E-state index contributed by atoms with van der Waals surface area (Å²) in [7, 11) is 9.20. The highest BCUT2D eigenvalue weighted by atomic mass is 16.5. The smallest absolute Gasteiger partial charge is 0.162 e. The molecule has 1 aliphatic heterocycles. The van der Waals surface area contributed by atoms with Crippen molar-refractivity contribution in [1.29, 1.82) is 0 Å². The van der Waals surface area contributed by atoms with Crippen LogP contribution in [0.5, 0.6) is 17.2 Å². The van der Waals surface area contributed by atoms with Gasteiger partial charge in [-0.1, -0.05) is 0 Å². The van der Waals surface area contributed by atoms with Crippen molar-refractivity contribution in [2.75, 3.05) is 53.4 Å². The minimum atomic E-state index is 0.500. The molecule has 3 aromatic rings. The van der Waals surface area contributed by atoms with Gasteiger partial charge in [0.1, 0.15) is 11.6 Å². The average Bonchev–Trinajstić information content (AvgIpc) is 3.28. The Hall–Kier alpha value is -3.06. The van der Waals surface area contributed by atoms with E-state index in [-0.39, 0.29) is 0 Å². The van der Waals surface area contributed by atoms with E-state index in [2.05, 4.69) is 23.9 Å². The Morgan fingerprint density at radius 2 is 1.63 bits per heavy atom. The van der Waals surface area contributed by atoms with Crippen molar-refractivity contribution in [3.8, 4) is 28.6 Å². The van der Waals surface area contributed by atoms with Gasteiger partial charge >= 0.3 is 0 Å². The summed E-state index contributed by atoms with van der Waals surface area (Å²) in [6, 6.07) is 12.2. The number of fused-ring (bicyclic) bond motifs is 1. The summed E-state index contributed by atoms with van der Waals surface area (Å²) in [5.41, 5.74) is 1.77. The number of likely N-dealkylation sites (N-methyl/N-ethyl adjacent to an activating group) is 1. The van der Waals surface area contributed by atoms with Crippen molar-refractivity contribution >= 4 is 16.7 Å². The number of hydrogen-bond acceptors (Lipinski definition) is 7. The zero-order chi connectivity index (χ0) is 21.3. The molecular weight excluding hydrogens is 380 g/mol. The molecule has 0 saturated carbocycles. The minimum Gasteiger partial charge on any atom is -0.497 e. The third-order valence-electron chi connectivity index (χ3n) is 5.72. The number of aromatic nitrogens is 2. The summed E-state index contributed by atoms with van der Waals surface area (Å²) < 4.78 is 16.3. The standard InChI is InChI=1S/C23H28N4O3/c1-26(2)16-10-11-27(14-16)23-18-12-20(29-4)21(30-5)13-19(18)24-22(25-23)15-6-8-17(28-3)9-7-15/h6-9,12-13,16H,10-11,14H2,1-5H3. The summed E-state index contributed by atoms with van der Waals surface area (Å²) in [6.07, 6.45) is 1.10. The Morgan fingerprint density at radius 1 is 0.933 bits per heavy atom. The molecule has 1 fully saturated rings. The van der Waals surface area contributed by atoms with Crippen molar-refractivity contribution in [1.82, 2.24) is 14.9 Å². The molecule has 0 N–H and O–H groups in total. The van der Waals surface area contributed by atoms with Gasteiger partial charge in [-0.3, -0.25) is 0 Å². The fourth-order valence-corrected chi connectivity index (χ4v) is 3.91. The summed E-state index contributed by atoms with van der Waals surface area (Å²) in [6.45, 7) is 1.88. The normalized spacial score (nSPS) is 16.3. The van der Waals surface area contributed by atoms with Crippen LogP contribution in [-0.2, 0) is 0 Å². The summed E-state index contributed by atoms with van der Waals surface area (Å²) >= 11 is 0. The fraction of sp³-hybridized carbons (Fsp3) is 0.391. The number of anilines is 1. The number of rotatable bonds is 6. The summed E-state index contributed by atoms with van der Waals surface area (Å²) in [5, 5.41) is 0.962. The molecule has 0 amide bonds. The maximum absolute atomic E-state index is 5.54. The van der Waals surface area contributed by atoms with Crippen LogP contribution in [0, 0.1) is 0 Å². The van der Waals surface area contributed by atoms with Crippen LogP contribution in [0.15, 0.2) is 36.4 Å². The third kappa shape index (κ3) is 3.73. The molecule has 7 heteroatoms. The lowest BCUT2D eigenvalue weighted by Crippen LogP contribution is -2.31. The molecule has 0 bridgehead atoms. The number of hydrogen-bond donors (Lipinski definition) is 0. The van der Waals surface area contributed by atoms with Gasteiger partial charge in [0.25, 0.3) is 0 Å². The lowest BCUT2D eigenvalue weighted by atomic mass is 10.1. The second kappa shape index (κ2) is 8.36. The van der Waals surface area contributed by atoms with Crippen LogP contribution in [0.1, 0.15) is 6.42 Å². The Kier molecular flexibility index (Phi) is 5.63. The Balaban J connectivity index is 1.87. The lowest BCUT2D eigenvalue weighted by molar-refractivity contribution is 0.315. The van der Waals surface area contributed by atoms with Crippen LogP contribution < -0.4 is 19.1 Å². The van der Waals surface area contributed by atoms with Gasteiger partial charge < -0.3 is 24.0 Å². The molecule has 7 nitrogen and oxygen atoms in total. The predicted molar refractivity (Wildman–Crippen MR) is 119 cm³/mol. The van der Waals surface area contributed by atoms with E-state index in [1.807, 2.05) is 36.4 Å². The van der Waals surface area contributed by atoms with Gasteiger partial charge in [-0.2, -0.15) is 0 Å². The van der Waals surface area contributed by atoms with Gasteiger partial charge in [-0.05, 0) is 50.8 Å². The van der Waals surface area contributed by atoms with Crippen molar-refractivity contribution in [3.63, 3.8) is 0 Å². The molecule has 1 atom stereocenters. The molecule has 0 aliphatic carbocycles. The van der Waals surface area contributed by atoms with Crippen molar-refractivity contribution < 1.29 is 14.2 Å². The Morgan fingerprint density at radius 3 is 2.23 bits per heavy atom. The topological polar surface area (TPSA) is 60.0 Å². The molecule has 4 rings (SSSR count). The highest BCUT2D eigenvalue weighted by Gasteiger charge is 2.27. The second-order valence-corrected chi connectivity index (χ2v) is 7.68. The van der Waals surface area contributed by atoms with Crippen LogP contribution in [0.4, 0.5) is 5.82 Å².